The first-order valence-corrected chi connectivity index (χ1v) is 17.6. The normalized spacial score (nSPS) is 11.0. The Kier molecular flexibility index (Phi) is 9.30. The summed E-state index contributed by atoms with van der Waals surface area (Å²) in [6, 6.07) is 49.6. The molecule has 0 spiro atoms. The lowest BCUT2D eigenvalue weighted by Crippen LogP contribution is -2.22. The van der Waals surface area contributed by atoms with Crippen molar-refractivity contribution in [1.82, 2.24) is 0 Å². The van der Waals surface area contributed by atoms with Gasteiger partial charge in [-0.3, -0.25) is 0 Å². The van der Waals surface area contributed by atoms with Crippen LogP contribution in [0.25, 0.3) is 0 Å². The van der Waals surface area contributed by atoms with Gasteiger partial charge in [0.2, 0.25) is 0 Å². The molecule has 2 N–H and O–H groups in total. The third-order valence-electron chi connectivity index (χ3n) is 6.77. The van der Waals surface area contributed by atoms with Gasteiger partial charge in [-0.1, -0.05) is 121 Å². The minimum absolute atomic E-state index is 0.0834. The molecule has 0 amide bonds. The van der Waals surface area contributed by atoms with Crippen molar-refractivity contribution in [3.63, 3.8) is 0 Å². The van der Waals surface area contributed by atoms with E-state index in [2.05, 4.69) is 0 Å². The predicted molar refractivity (Wildman–Crippen MR) is 182 cm³/mol. The molecule has 0 unspecified atom stereocenters. The molecule has 0 fully saturated rings. The van der Waals surface area contributed by atoms with Crippen molar-refractivity contribution in [3.8, 4) is 23.0 Å². The topological polar surface area (TPSA) is 76.0 Å². The third kappa shape index (κ3) is 6.83. The molecule has 0 aliphatic rings. The third-order valence-corrected chi connectivity index (χ3v) is 12.4. The number of aromatic hydroxyl groups is 2. The minimum atomic E-state index is -2.70. The van der Waals surface area contributed by atoms with Gasteiger partial charge in [-0.25, -0.2) is 9.05 Å². The fourth-order valence-electron chi connectivity index (χ4n) is 4.86. The molecule has 0 saturated heterocycles. The molecule has 44 heavy (non-hydrogen) atoms. The van der Waals surface area contributed by atoms with Gasteiger partial charge in [-0.15, -0.1) is 0 Å². The van der Waals surface area contributed by atoms with Crippen LogP contribution in [0.15, 0.2) is 158 Å². The summed E-state index contributed by atoms with van der Waals surface area (Å²) in [5, 5.41) is 26.7. The summed E-state index contributed by atoms with van der Waals surface area (Å²) in [7, 11) is -5.01. The van der Waals surface area contributed by atoms with E-state index in [1.807, 2.05) is 121 Å². The van der Waals surface area contributed by atoms with Crippen LogP contribution in [-0.2, 0) is 4.57 Å². The lowest BCUT2D eigenvalue weighted by atomic mass is 10.3. The molecule has 6 aromatic rings. The van der Waals surface area contributed by atoms with E-state index in [0.29, 0.717) is 22.1 Å². The van der Waals surface area contributed by atoms with Gasteiger partial charge in [-0.05, 0) is 73.5 Å². The van der Waals surface area contributed by atoms with Crippen molar-refractivity contribution in [1.29, 1.82) is 0 Å². The number of hydrogen-bond acceptors (Lipinski definition) is 5. The van der Waals surface area contributed by atoms with Gasteiger partial charge < -0.3 is 10.2 Å². The van der Waals surface area contributed by atoms with E-state index < -0.39 is 24.1 Å². The predicted octanol–water partition coefficient (Wildman–Crippen LogP) is 6.73. The van der Waals surface area contributed by atoms with E-state index in [0.717, 1.165) is 21.2 Å². The fraction of sp³-hybridized carbons (Fsp3) is 0. The standard InChI is InChI=1S/C36H27O5P3/c37-27-21-23-33(35(25-27)42(29-13-5-1-6-14-29)30-15-7-2-8-16-30)40-44(39)41-34-24-22-28(38)26-36(34)43(31-17-9-3-10-18-31)32-19-11-4-12-20-32/h1-26H,(H-,37,38)/p+1. The maximum absolute atomic E-state index is 13.6. The second kappa shape index (κ2) is 13.8. The van der Waals surface area contributed by atoms with E-state index in [1.165, 1.54) is 12.1 Å². The van der Waals surface area contributed by atoms with Crippen LogP contribution in [0.2, 0.25) is 0 Å². The number of benzene rings is 6. The fourth-order valence-corrected chi connectivity index (χ4v) is 10.5. The van der Waals surface area contributed by atoms with Crippen LogP contribution in [0.3, 0.4) is 0 Å². The molecule has 0 aliphatic heterocycles. The molecule has 6 rings (SSSR count). The molecular formula is C36H28O5P3+. The number of hydrogen-bond donors (Lipinski definition) is 2. The SMILES string of the molecule is O=[P+](Oc1ccc(O)cc1P(c1ccccc1)c1ccccc1)Oc1ccc(O)cc1P(c1ccccc1)c1ccccc1. The summed E-state index contributed by atoms with van der Waals surface area (Å²) in [6.45, 7) is 0. The van der Waals surface area contributed by atoms with Crippen molar-refractivity contribution in [2.45, 2.75) is 0 Å². The zero-order valence-corrected chi connectivity index (χ0v) is 26.2. The highest BCUT2D eigenvalue weighted by Crippen LogP contribution is 2.43. The largest absolute Gasteiger partial charge is 0.805 e. The summed E-state index contributed by atoms with van der Waals surface area (Å²) in [5.41, 5.74) is 0. The smallest absolute Gasteiger partial charge is 0.508 e. The highest BCUT2D eigenvalue weighted by atomic mass is 31.1. The second-order valence-electron chi connectivity index (χ2n) is 9.72. The summed E-state index contributed by atoms with van der Waals surface area (Å²) >= 11 is 0. The van der Waals surface area contributed by atoms with Crippen molar-refractivity contribution in [2.75, 3.05) is 0 Å². The van der Waals surface area contributed by atoms with Gasteiger partial charge >= 0.3 is 8.25 Å². The molecular weight excluding hydrogens is 605 g/mol. The molecule has 6 aromatic carbocycles. The van der Waals surface area contributed by atoms with Crippen LogP contribution in [0.4, 0.5) is 0 Å². The van der Waals surface area contributed by atoms with Gasteiger partial charge in [0, 0.05) is 15.2 Å². The maximum atomic E-state index is 13.6. The lowest BCUT2D eigenvalue weighted by Gasteiger charge is -2.21. The van der Waals surface area contributed by atoms with Crippen LogP contribution in [-0.4, -0.2) is 10.2 Å². The monoisotopic (exact) mass is 633 g/mol. The van der Waals surface area contributed by atoms with Crippen molar-refractivity contribution in [3.05, 3.63) is 158 Å². The van der Waals surface area contributed by atoms with Crippen LogP contribution in [0.5, 0.6) is 23.0 Å². The zero-order valence-electron chi connectivity index (χ0n) is 23.5. The van der Waals surface area contributed by atoms with E-state index in [1.54, 1.807) is 24.3 Å². The Morgan fingerprint density at radius 1 is 0.432 bits per heavy atom. The molecule has 216 valence electrons. The second-order valence-corrected chi connectivity index (χ2v) is 14.9. The van der Waals surface area contributed by atoms with Gasteiger partial charge in [0.15, 0.2) is 11.5 Å². The first-order valence-electron chi connectivity index (χ1n) is 13.9. The summed E-state index contributed by atoms with van der Waals surface area (Å²) in [6.07, 6.45) is 0. The van der Waals surface area contributed by atoms with Crippen LogP contribution in [0, 0.1) is 0 Å². The van der Waals surface area contributed by atoms with Gasteiger partial charge in [0.1, 0.15) is 11.5 Å². The van der Waals surface area contributed by atoms with Crippen LogP contribution < -0.4 is 40.9 Å². The average Bonchev–Trinajstić information content (AvgIpc) is 3.06. The van der Waals surface area contributed by atoms with Crippen molar-refractivity contribution >= 4 is 55.9 Å². The van der Waals surface area contributed by atoms with Crippen molar-refractivity contribution in [2.24, 2.45) is 0 Å². The Labute approximate surface area is 259 Å². The molecule has 0 saturated carbocycles. The molecule has 0 radical (unpaired) electrons. The highest BCUT2D eigenvalue weighted by Gasteiger charge is 2.32. The molecule has 0 aliphatic carbocycles. The summed E-state index contributed by atoms with van der Waals surface area (Å²) < 4.78 is 25.7. The maximum Gasteiger partial charge on any atom is 0.805 e. The highest BCUT2D eigenvalue weighted by molar-refractivity contribution is 7.80. The summed E-state index contributed by atoms with van der Waals surface area (Å²) in [4.78, 5) is 0. The zero-order chi connectivity index (χ0) is 30.3. The summed E-state index contributed by atoms with van der Waals surface area (Å²) in [5.74, 6) is 0.882. The van der Waals surface area contributed by atoms with E-state index in [-0.39, 0.29) is 11.5 Å². The van der Waals surface area contributed by atoms with Crippen LogP contribution >= 0.6 is 24.1 Å². The van der Waals surface area contributed by atoms with Gasteiger partial charge in [0.25, 0.3) is 0 Å². The van der Waals surface area contributed by atoms with E-state index >= 15 is 0 Å². The molecule has 0 atom stereocenters. The van der Waals surface area contributed by atoms with E-state index in [9.17, 15) is 14.8 Å². The van der Waals surface area contributed by atoms with Crippen molar-refractivity contribution < 1.29 is 23.8 Å². The first-order chi connectivity index (χ1) is 21.6. The molecule has 8 heteroatoms. The number of phenolic OH excluding ortho intramolecular Hbond substituents is 2. The Hall–Kier alpha value is -4.52. The average molecular weight is 634 g/mol. The van der Waals surface area contributed by atoms with E-state index in [4.69, 9.17) is 9.05 Å². The van der Waals surface area contributed by atoms with Gasteiger partial charge in [-0.2, -0.15) is 0 Å². The minimum Gasteiger partial charge on any atom is -0.508 e. The molecule has 5 nitrogen and oxygen atoms in total. The molecule has 0 aromatic heterocycles. The Morgan fingerprint density at radius 3 is 1.02 bits per heavy atom. The Balaban J connectivity index is 1.37. The number of phenols is 2. The Bertz CT molecular complexity index is 1640. The number of rotatable bonds is 10. The quantitative estimate of drug-likeness (QED) is 0.164. The lowest BCUT2D eigenvalue weighted by molar-refractivity contribution is 0.416. The first kappa shape index (κ1) is 29.5. The molecule has 0 heterocycles. The Morgan fingerprint density at radius 2 is 0.727 bits per heavy atom. The van der Waals surface area contributed by atoms with Crippen LogP contribution in [0.1, 0.15) is 0 Å². The molecule has 0 bridgehead atoms. The van der Waals surface area contributed by atoms with Gasteiger partial charge in [0.05, 0.1) is 0 Å².